The summed E-state index contributed by atoms with van der Waals surface area (Å²) in [6.07, 6.45) is -0.670. The number of aliphatic hydroxyl groups is 1. The lowest BCUT2D eigenvalue weighted by molar-refractivity contribution is -0.0658. The predicted molar refractivity (Wildman–Crippen MR) is 72.9 cm³/mol. The standard InChI is InChI=1S/C15H20N2O2/c1-9(2)17-13-11-7-10(8-16)5-6-12(11)19-15(3,4)14(13)18/h5-7,9,13-14,17-18H,1-4H3. The maximum Gasteiger partial charge on any atom is 0.131 e. The van der Waals surface area contributed by atoms with Crippen molar-refractivity contribution in [2.45, 2.75) is 51.5 Å². The Morgan fingerprint density at radius 2 is 2.11 bits per heavy atom. The molecule has 2 N–H and O–H groups in total. The summed E-state index contributed by atoms with van der Waals surface area (Å²) in [5, 5.41) is 22.8. The highest BCUT2D eigenvalue weighted by Gasteiger charge is 2.42. The van der Waals surface area contributed by atoms with E-state index in [1.165, 1.54) is 0 Å². The van der Waals surface area contributed by atoms with Crippen molar-refractivity contribution in [3.8, 4) is 11.8 Å². The van der Waals surface area contributed by atoms with Gasteiger partial charge in [0.15, 0.2) is 0 Å². The average molecular weight is 260 g/mol. The number of ether oxygens (including phenoxy) is 1. The molecular weight excluding hydrogens is 240 g/mol. The number of nitrogens with one attached hydrogen (secondary N) is 1. The molecule has 4 heteroatoms. The Balaban J connectivity index is 2.49. The Morgan fingerprint density at radius 3 is 2.68 bits per heavy atom. The summed E-state index contributed by atoms with van der Waals surface area (Å²) < 4.78 is 5.84. The van der Waals surface area contributed by atoms with Gasteiger partial charge in [0.1, 0.15) is 17.5 Å². The minimum Gasteiger partial charge on any atom is -0.485 e. The van der Waals surface area contributed by atoms with Gasteiger partial charge < -0.3 is 15.2 Å². The molecule has 102 valence electrons. The van der Waals surface area contributed by atoms with Crippen LogP contribution in [0.15, 0.2) is 18.2 Å². The number of hydrogen-bond donors (Lipinski definition) is 2. The summed E-state index contributed by atoms with van der Waals surface area (Å²) >= 11 is 0. The van der Waals surface area contributed by atoms with Crippen molar-refractivity contribution >= 4 is 0 Å². The van der Waals surface area contributed by atoms with E-state index in [0.29, 0.717) is 5.56 Å². The van der Waals surface area contributed by atoms with E-state index < -0.39 is 11.7 Å². The van der Waals surface area contributed by atoms with Crippen molar-refractivity contribution in [3.05, 3.63) is 29.3 Å². The molecule has 0 amide bonds. The molecule has 0 spiro atoms. The van der Waals surface area contributed by atoms with E-state index in [4.69, 9.17) is 10.00 Å². The van der Waals surface area contributed by atoms with Crippen LogP contribution in [0, 0.1) is 11.3 Å². The van der Waals surface area contributed by atoms with Gasteiger partial charge in [-0.3, -0.25) is 0 Å². The van der Waals surface area contributed by atoms with Crippen LogP contribution in [0.1, 0.15) is 44.9 Å². The van der Waals surface area contributed by atoms with Crippen molar-refractivity contribution in [2.75, 3.05) is 0 Å². The number of fused-ring (bicyclic) bond motifs is 1. The van der Waals surface area contributed by atoms with Gasteiger partial charge in [0.25, 0.3) is 0 Å². The summed E-state index contributed by atoms with van der Waals surface area (Å²) in [7, 11) is 0. The van der Waals surface area contributed by atoms with Gasteiger partial charge in [-0.15, -0.1) is 0 Å². The van der Waals surface area contributed by atoms with Crippen LogP contribution in [0.3, 0.4) is 0 Å². The highest BCUT2D eigenvalue weighted by Crippen LogP contribution is 2.40. The zero-order chi connectivity index (χ0) is 14.2. The molecule has 19 heavy (non-hydrogen) atoms. The summed E-state index contributed by atoms with van der Waals surface area (Å²) in [6.45, 7) is 7.80. The zero-order valence-corrected chi connectivity index (χ0v) is 11.8. The largest absolute Gasteiger partial charge is 0.485 e. The van der Waals surface area contributed by atoms with E-state index in [0.717, 1.165) is 11.3 Å². The summed E-state index contributed by atoms with van der Waals surface area (Å²) in [5.74, 6) is 0.729. The summed E-state index contributed by atoms with van der Waals surface area (Å²) in [4.78, 5) is 0. The maximum atomic E-state index is 10.5. The van der Waals surface area contributed by atoms with E-state index >= 15 is 0 Å². The quantitative estimate of drug-likeness (QED) is 0.855. The molecule has 0 saturated heterocycles. The van der Waals surface area contributed by atoms with E-state index in [1.807, 2.05) is 27.7 Å². The second-order valence-corrected chi connectivity index (χ2v) is 5.81. The topological polar surface area (TPSA) is 65.3 Å². The SMILES string of the molecule is CC(C)NC1c2cc(C#N)ccc2OC(C)(C)C1O. The maximum absolute atomic E-state index is 10.5. The molecule has 0 aromatic heterocycles. The van der Waals surface area contributed by atoms with Crippen LogP contribution in [-0.2, 0) is 0 Å². The Labute approximate surface area is 114 Å². The smallest absolute Gasteiger partial charge is 0.131 e. The molecular formula is C15H20N2O2. The Morgan fingerprint density at radius 1 is 1.42 bits per heavy atom. The first kappa shape index (κ1) is 13.9. The fourth-order valence-electron chi connectivity index (χ4n) is 2.41. The molecule has 1 aromatic rings. The predicted octanol–water partition coefficient (Wildman–Crippen LogP) is 2.13. The first-order valence-electron chi connectivity index (χ1n) is 6.52. The van der Waals surface area contributed by atoms with Crippen LogP contribution in [0.25, 0.3) is 0 Å². The molecule has 2 unspecified atom stereocenters. The number of benzene rings is 1. The molecule has 1 aliphatic heterocycles. The molecule has 0 aliphatic carbocycles. The van der Waals surface area contributed by atoms with Gasteiger partial charge in [0.2, 0.25) is 0 Å². The monoisotopic (exact) mass is 260 g/mol. The van der Waals surface area contributed by atoms with E-state index in [-0.39, 0.29) is 12.1 Å². The second-order valence-electron chi connectivity index (χ2n) is 5.81. The third kappa shape index (κ3) is 2.58. The van der Waals surface area contributed by atoms with E-state index in [9.17, 15) is 5.11 Å². The van der Waals surface area contributed by atoms with Crippen molar-refractivity contribution in [2.24, 2.45) is 0 Å². The number of nitrogens with zero attached hydrogens (tertiary/aromatic N) is 1. The van der Waals surface area contributed by atoms with Crippen LogP contribution in [0.2, 0.25) is 0 Å². The van der Waals surface area contributed by atoms with Crippen LogP contribution in [0.5, 0.6) is 5.75 Å². The molecule has 0 fully saturated rings. The van der Waals surface area contributed by atoms with E-state index in [2.05, 4.69) is 11.4 Å². The van der Waals surface area contributed by atoms with Crippen LogP contribution >= 0.6 is 0 Å². The minimum atomic E-state index is -0.670. The zero-order valence-electron chi connectivity index (χ0n) is 11.8. The minimum absolute atomic E-state index is 0.229. The lowest BCUT2D eigenvalue weighted by Gasteiger charge is -2.43. The second kappa shape index (κ2) is 4.84. The summed E-state index contributed by atoms with van der Waals surface area (Å²) in [6, 6.07) is 7.44. The Kier molecular flexibility index (Phi) is 3.53. The number of rotatable bonds is 2. The molecule has 0 radical (unpaired) electrons. The van der Waals surface area contributed by atoms with Gasteiger partial charge in [-0.2, -0.15) is 5.26 Å². The summed E-state index contributed by atoms with van der Waals surface area (Å²) in [5.41, 5.74) is 0.762. The first-order valence-corrected chi connectivity index (χ1v) is 6.52. The molecule has 1 heterocycles. The number of aliphatic hydroxyl groups excluding tert-OH is 1. The molecule has 0 saturated carbocycles. The van der Waals surface area contributed by atoms with Gasteiger partial charge in [0.05, 0.1) is 17.7 Å². The van der Waals surface area contributed by atoms with Crippen molar-refractivity contribution < 1.29 is 9.84 Å². The fraction of sp³-hybridized carbons (Fsp3) is 0.533. The van der Waals surface area contributed by atoms with Gasteiger partial charge in [-0.05, 0) is 32.0 Å². The Hall–Kier alpha value is -1.57. The molecule has 2 atom stereocenters. The van der Waals surface area contributed by atoms with Crippen molar-refractivity contribution in [3.63, 3.8) is 0 Å². The van der Waals surface area contributed by atoms with Gasteiger partial charge >= 0.3 is 0 Å². The van der Waals surface area contributed by atoms with Gasteiger partial charge in [-0.1, -0.05) is 13.8 Å². The van der Waals surface area contributed by atoms with Crippen molar-refractivity contribution in [1.82, 2.24) is 5.32 Å². The third-order valence-electron chi connectivity index (χ3n) is 3.39. The number of nitriles is 1. The van der Waals surface area contributed by atoms with Crippen LogP contribution < -0.4 is 10.1 Å². The molecule has 1 aliphatic rings. The van der Waals surface area contributed by atoms with Gasteiger partial charge in [0, 0.05) is 11.6 Å². The lowest BCUT2D eigenvalue weighted by Crippen LogP contribution is -2.53. The van der Waals surface area contributed by atoms with Crippen molar-refractivity contribution in [1.29, 1.82) is 5.26 Å². The van der Waals surface area contributed by atoms with Crippen LogP contribution in [0.4, 0.5) is 0 Å². The molecule has 4 nitrogen and oxygen atoms in total. The fourth-order valence-corrected chi connectivity index (χ4v) is 2.41. The third-order valence-corrected chi connectivity index (χ3v) is 3.39. The lowest BCUT2D eigenvalue weighted by atomic mass is 9.85. The highest BCUT2D eigenvalue weighted by atomic mass is 16.5. The van der Waals surface area contributed by atoms with E-state index in [1.54, 1.807) is 18.2 Å². The van der Waals surface area contributed by atoms with Crippen LogP contribution in [-0.4, -0.2) is 22.9 Å². The van der Waals surface area contributed by atoms with Gasteiger partial charge in [-0.25, -0.2) is 0 Å². The molecule has 1 aromatic carbocycles. The highest BCUT2D eigenvalue weighted by molar-refractivity contribution is 5.46. The molecule has 2 rings (SSSR count). The normalized spacial score (nSPS) is 24.5. The Bertz CT molecular complexity index is 517. The first-order chi connectivity index (χ1) is 8.85. The average Bonchev–Trinajstić information content (AvgIpc) is 2.34. The molecule has 0 bridgehead atoms. The number of hydrogen-bond acceptors (Lipinski definition) is 4.